The number of nitrogens with zero attached hydrogens (tertiary/aromatic N) is 3. The van der Waals surface area contributed by atoms with E-state index in [9.17, 15) is 5.26 Å². The van der Waals surface area contributed by atoms with Crippen molar-refractivity contribution in [3.05, 3.63) is 88.9 Å². The highest BCUT2D eigenvalue weighted by Crippen LogP contribution is 2.31. The smallest absolute Gasteiger partial charge is 0.103 e. The van der Waals surface area contributed by atoms with Crippen LogP contribution in [0, 0.1) is 18.3 Å². The molecule has 1 aliphatic rings. The van der Waals surface area contributed by atoms with Crippen LogP contribution in [-0.4, -0.2) is 41.0 Å². The topological polar surface area (TPSA) is 79.8 Å². The molecule has 1 saturated heterocycles. The molecule has 2 aromatic carbocycles. The Morgan fingerprint density at radius 3 is 2.68 bits per heavy atom. The van der Waals surface area contributed by atoms with E-state index in [1.807, 2.05) is 18.3 Å². The van der Waals surface area contributed by atoms with Crippen molar-refractivity contribution in [1.82, 2.24) is 20.2 Å². The third-order valence-electron chi connectivity index (χ3n) is 6.41. The molecule has 1 fully saturated rings. The number of benzene rings is 2. The van der Waals surface area contributed by atoms with Crippen molar-refractivity contribution in [2.24, 2.45) is 0 Å². The van der Waals surface area contributed by atoms with Crippen molar-refractivity contribution >= 4 is 34.4 Å². The molecule has 2 aromatic heterocycles. The fourth-order valence-electron chi connectivity index (χ4n) is 4.43. The summed E-state index contributed by atoms with van der Waals surface area (Å²) in [4.78, 5) is 10.0. The van der Waals surface area contributed by atoms with Crippen LogP contribution in [-0.2, 0) is 6.54 Å². The Hall–Kier alpha value is -3.92. The van der Waals surface area contributed by atoms with Gasteiger partial charge in [-0.05, 0) is 41.8 Å². The molecule has 0 saturated carbocycles. The van der Waals surface area contributed by atoms with Crippen molar-refractivity contribution in [3.63, 3.8) is 0 Å². The Morgan fingerprint density at radius 2 is 1.88 bits per heavy atom. The zero-order valence-electron chi connectivity index (χ0n) is 19.3. The predicted molar refractivity (Wildman–Crippen MR) is 139 cm³/mol. The van der Waals surface area contributed by atoms with Crippen molar-refractivity contribution in [3.8, 4) is 6.07 Å². The monoisotopic (exact) mass is 448 g/mol. The lowest BCUT2D eigenvalue weighted by Crippen LogP contribution is -2.42. The molecule has 6 nitrogen and oxygen atoms in total. The van der Waals surface area contributed by atoms with Crippen LogP contribution in [0.2, 0.25) is 0 Å². The van der Waals surface area contributed by atoms with E-state index in [1.165, 1.54) is 5.56 Å². The number of fused-ring (bicyclic) bond motifs is 1. The van der Waals surface area contributed by atoms with Crippen LogP contribution in [0.3, 0.4) is 0 Å². The minimum Gasteiger partial charge on any atom is -0.361 e. The van der Waals surface area contributed by atoms with E-state index in [4.69, 9.17) is 0 Å². The number of hydrogen-bond donors (Lipinski definition) is 3. The highest BCUT2D eigenvalue weighted by molar-refractivity contribution is 5.90. The van der Waals surface area contributed by atoms with E-state index in [1.54, 1.807) is 12.4 Å². The van der Waals surface area contributed by atoms with Gasteiger partial charge in [0.1, 0.15) is 6.07 Å². The highest BCUT2D eigenvalue weighted by Gasteiger charge is 2.12. The van der Waals surface area contributed by atoms with E-state index >= 15 is 0 Å². The lowest BCUT2D eigenvalue weighted by Gasteiger charge is -2.27. The third-order valence-corrected chi connectivity index (χ3v) is 6.41. The van der Waals surface area contributed by atoms with Crippen LogP contribution >= 0.6 is 0 Å². The van der Waals surface area contributed by atoms with Gasteiger partial charge in [0.25, 0.3) is 0 Å². The molecular formula is C28H28N6. The number of piperazine rings is 1. The normalized spacial score (nSPS) is 14.5. The average molecular weight is 449 g/mol. The summed E-state index contributed by atoms with van der Waals surface area (Å²) in [6.45, 7) is 7.38. The lowest BCUT2D eigenvalue weighted by molar-refractivity contribution is 0.233. The van der Waals surface area contributed by atoms with Crippen LogP contribution in [0.5, 0.6) is 0 Å². The van der Waals surface area contributed by atoms with Gasteiger partial charge in [-0.25, -0.2) is 0 Å². The fourth-order valence-corrected chi connectivity index (χ4v) is 4.43. The van der Waals surface area contributed by atoms with Gasteiger partial charge in [0.05, 0.1) is 11.3 Å². The average Bonchev–Trinajstić information content (AvgIpc) is 3.36. The van der Waals surface area contributed by atoms with Crippen LogP contribution in [0.1, 0.15) is 27.8 Å². The zero-order chi connectivity index (χ0) is 23.3. The summed E-state index contributed by atoms with van der Waals surface area (Å²) >= 11 is 0. The molecule has 0 atom stereocenters. The Kier molecular flexibility index (Phi) is 6.39. The van der Waals surface area contributed by atoms with Gasteiger partial charge in [-0.3, -0.25) is 9.88 Å². The highest BCUT2D eigenvalue weighted by atomic mass is 15.2. The van der Waals surface area contributed by atoms with Crippen LogP contribution in [0.15, 0.2) is 61.1 Å². The number of aromatic amines is 1. The minimum absolute atomic E-state index is 0.516. The molecule has 0 radical (unpaired) electrons. The van der Waals surface area contributed by atoms with Crippen LogP contribution in [0.4, 0.5) is 11.4 Å². The van der Waals surface area contributed by atoms with Crippen LogP contribution in [0.25, 0.3) is 23.1 Å². The molecule has 5 rings (SSSR count). The SMILES string of the molecule is Cc1c(Nc2c(C#N)cncc2C=Cc2ccc(CN3CCNCC3)cc2)ccc2[nH]ccc12. The fraction of sp³-hybridized carbons (Fsp3) is 0.214. The predicted octanol–water partition coefficient (Wildman–Crippen LogP) is 5.06. The number of rotatable bonds is 6. The second-order valence-corrected chi connectivity index (χ2v) is 8.67. The lowest BCUT2D eigenvalue weighted by atomic mass is 10.1. The first-order valence-corrected chi connectivity index (χ1v) is 11.6. The Bertz CT molecular complexity index is 1350. The molecule has 0 spiro atoms. The third kappa shape index (κ3) is 4.72. The first-order valence-electron chi connectivity index (χ1n) is 11.6. The van der Waals surface area contributed by atoms with E-state index in [2.05, 4.69) is 81.0 Å². The Balaban J connectivity index is 1.37. The molecule has 0 bridgehead atoms. The van der Waals surface area contributed by atoms with Gasteiger partial charge in [-0.1, -0.05) is 36.4 Å². The van der Waals surface area contributed by atoms with Crippen molar-refractivity contribution in [2.45, 2.75) is 13.5 Å². The van der Waals surface area contributed by atoms with Crippen molar-refractivity contribution < 1.29 is 0 Å². The first-order chi connectivity index (χ1) is 16.7. The summed E-state index contributed by atoms with van der Waals surface area (Å²) in [7, 11) is 0. The number of anilines is 2. The summed E-state index contributed by atoms with van der Waals surface area (Å²) in [5.41, 5.74) is 7.80. The molecular weight excluding hydrogens is 420 g/mol. The van der Waals surface area contributed by atoms with E-state index < -0.39 is 0 Å². The number of nitrogens with one attached hydrogen (secondary N) is 3. The number of nitriles is 1. The maximum Gasteiger partial charge on any atom is 0.103 e. The van der Waals surface area contributed by atoms with E-state index in [-0.39, 0.29) is 0 Å². The summed E-state index contributed by atoms with van der Waals surface area (Å²) in [6.07, 6.45) is 9.43. The van der Waals surface area contributed by atoms with Gasteiger partial charge in [-0.15, -0.1) is 0 Å². The summed E-state index contributed by atoms with van der Waals surface area (Å²) in [5, 5.41) is 17.8. The maximum atomic E-state index is 9.71. The van der Waals surface area contributed by atoms with Gasteiger partial charge in [0.15, 0.2) is 0 Å². The molecule has 4 aromatic rings. The van der Waals surface area contributed by atoms with Crippen molar-refractivity contribution in [1.29, 1.82) is 5.26 Å². The summed E-state index contributed by atoms with van der Waals surface area (Å²) in [5.74, 6) is 0. The minimum atomic E-state index is 0.516. The second kappa shape index (κ2) is 9.92. The van der Waals surface area contributed by atoms with Gasteiger partial charge in [-0.2, -0.15) is 5.26 Å². The van der Waals surface area contributed by atoms with E-state index in [0.717, 1.165) is 71.7 Å². The molecule has 1 aliphatic heterocycles. The first kappa shape index (κ1) is 21.9. The standard InChI is InChI=1S/C28H28N6/c1-20-25-10-11-32-27(25)9-8-26(20)33-28-23(17-31-18-24(28)16-29)7-6-21-2-4-22(5-3-21)19-34-14-12-30-13-15-34/h2-11,17-18,30,32H,12-15,19H2,1H3,(H,31,33). The Labute approximate surface area is 199 Å². The Morgan fingerprint density at radius 1 is 1.06 bits per heavy atom. The maximum absolute atomic E-state index is 9.71. The van der Waals surface area contributed by atoms with Gasteiger partial charge < -0.3 is 15.6 Å². The molecule has 0 amide bonds. The summed E-state index contributed by atoms with van der Waals surface area (Å²) in [6, 6.07) is 17.1. The quantitative estimate of drug-likeness (QED) is 0.384. The number of aromatic nitrogens is 2. The molecule has 170 valence electrons. The summed E-state index contributed by atoms with van der Waals surface area (Å²) < 4.78 is 0. The van der Waals surface area contributed by atoms with Gasteiger partial charge in [0, 0.05) is 73.5 Å². The largest absolute Gasteiger partial charge is 0.361 e. The zero-order valence-corrected chi connectivity index (χ0v) is 19.3. The molecule has 0 unspecified atom stereocenters. The number of hydrogen-bond acceptors (Lipinski definition) is 5. The van der Waals surface area contributed by atoms with Crippen molar-refractivity contribution in [2.75, 3.05) is 31.5 Å². The number of aryl methyl sites for hydroxylation is 1. The molecule has 34 heavy (non-hydrogen) atoms. The molecule has 0 aliphatic carbocycles. The second-order valence-electron chi connectivity index (χ2n) is 8.67. The molecule has 3 N–H and O–H groups in total. The van der Waals surface area contributed by atoms with Crippen LogP contribution < -0.4 is 10.6 Å². The molecule has 3 heterocycles. The number of pyridine rings is 1. The number of H-pyrrole nitrogens is 1. The van der Waals surface area contributed by atoms with Gasteiger partial charge in [0.2, 0.25) is 0 Å². The van der Waals surface area contributed by atoms with E-state index in [0.29, 0.717) is 5.56 Å². The van der Waals surface area contributed by atoms with Gasteiger partial charge >= 0.3 is 0 Å². The molecule has 6 heteroatoms.